The third-order valence-corrected chi connectivity index (χ3v) is 11.6. The maximum atomic E-state index is 14.1. The van der Waals surface area contributed by atoms with Crippen molar-refractivity contribution in [2.45, 2.75) is 63.2 Å². The second-order valence-electron chi connectivity index (χ2n) is 12.6. The highest BCUT2D eigenvalue weighted by atomic mass is 35.5. The number of imidazole rings is 1. The van der Waals surface area contributed by atoms with Crippen LogP contribution in [-0.2, 0) is 29.7 Å². The average molecular weight is 701 g/mol. The quantitative estimate of drug-likeness (QED) is 0.160. The highest BCUT2D eigenvalue weighted by Crippen LogP contribution is 2.34. The van der Waals surface area contributed by atoms with Gasteiger partial charge < -0.3 is 5.32 Å². The van der Waals surface area contributed by atoms with E-state index in [1.165, 1.54) is 34.8 Å². The smallest absolute Gasteiger partial charge is 0.333 e. The van der Waals surface area contributed by atoms with E-state index in [1.54, 1.807) is 22.1 Å². The predicted molar refractivity (Wildman–Crippen MR) is 184 cm³/mol. The van der Waals surface area contributed by atoms with Crippen LogP contribution in [0.5, 0.6) is 0 Å². The summed E-state index contributed by atoms with van der Waals surface area (Å²) in [7, 11) is -4.16. The van der Waals surface area contributed by atoms with Gasteiger partial charge in [-0.15, -0.1) is 0 Å². The van der Waals surface area contributed by atoms with Crippen molar-refractivity contribution in [1.29, 1.82) is 0 Å². The Morgan fingerprint density at radius 1 is 0.980 bits per heavy atom. The Balaban J connectivity index is 1.09. The van der Waals surface area contributed by atoms with E-state index in [2.05, 4.69) is 10.3 Å². The largest absolute Gasteiger partial charge is 0.349 e. The SMILES string of the molecule is Cc1ncc(Cl)cc1C(=O)N[C@H]1CC[C@H](Cn2c(=O)n(-c3ccc4c(c3)CN(S(=O)(=O)c3ccccc3[N+](=O)[O-])C4)c3ccccc32)CC1. The molecule has 1 N–H and O–H groups in total. The Labute approximate surface area is 287 Å². The number of nitrogens with one attached hydrogen (secondary N) is 1. The van der Waals surface area contributed by atoms with Crippen molar-refractivity contribution in [3.63, 3.8) is 0 Å². The maximum Gasteiger partial charge on any atom is 0.333 e. The van der Waals surface area contributed by atoms with E-state index >= 15 is 0 Å². The van der Waals surface area contributed by atoms with Crippen molar-refractivity contribution in [1.82, 2.24) is 23.7 Å². The second kappa shape index (κ2) is 12.9. The molecule has 1 aliphatic carbocycles. The molecule has 1 amide bonds. The van der Waals surface area contributed by atoms with Gasteiger partial charge in [-0.05, 0) is 86.1 Å². The molecule has 2 aromatic heterocycles. The topological polar surface area (TPSA) is 149 Å². The van der Waals surface area contributed by atoms with E-state index in [0.29, 0.717) is 28.5 Å². The van der Waals surface area contributed by atoms with Crippen molar-refractivity contribution in [2.75, 3.05) is 0 Å². The van der Waals surface area contributed by atoms with Gasteiger partial charge >= 0.3 is 5.69 Å². The monoisotopic (exact) mass is 700 g/mol. The molecule has 7 rings (SSSR count). The molecule has 3 heterocycles. The summed E-state index contributed by atoms with van der Waals surface area (Å²) >= 11 is 6.06. The van der Waals surface area contributed by atoms with Gasteiger partial charge in [0.25, 0.3) is 21.6 Å². The number of amides is 1. The number of nitro groups is 1. The lowest BCUT2D eigenvalue weighted by Crippen LogP contribution is -2.39. The lowest BCUT2D eigenvalue weighted by molar-refractivity contribution is -0.387. The number of sulfonamides is 1. The van der Waals surface area contributed by atoms with Gasteiger partial charge in [-0.3, -0.25) is 29.0 Å². The molecule has 0 bridgehead atoms. The molecule has 0 radical (unpaired) electrons. The van der Waals surface area contributed by atoms with Crippen molar-refractivity contribution >= 4 is 44.3 Å². The van der Waals surface area contributed by atoms with Crippen LogP contribution < -0.4 is 11.0 Å². The molecule has 2 aliphatic rings. The normalized spacial score (nSPS) is 18.0. The van der Waals surface area contributed by atoms with E-state index in [0.717, 1.165) is 47.8 Å². The predicted octanol–water partition coefficient (Wildman–Crippen LogP) is 5.75. The average Bonchev–Trinajstić information content (AvgIpc) is 3.65. The number of aromatic nitrogens is 3. The van der Waals surface area contributed by atoms with Gasteiger partial charge in [-0.2, -0.15) is 4.31 Å². The molecule has 1 saturated carbocycles. The number of aryl methyl sites for hydroxylation is 1. The summed E-state index contributed by atoms with van der Waals surface area (Å²) < 4.78 is 31.7. The number of hydrogen-bond acceptors (Lipinski definition) is 7. The highest BCUT2D eigenvalue weighted by Gasteiger charge is 2.35. The highest BCUT2D eigenvalue weighted by molar-refractivity contribution is 7.89. The zero-order chi connectivity index (χ0) is 34.4. The number of para-hydroxylation sites is 3. The number of nitrogens with zero attached hydrogens (tertiary/aromatic N) is 5. The molecule has 1 aliphatic heterocycles. The molecule has 0 unspecified atom stereocenters. The number of nitro benzene ring substituents is 1. The Kier molecular flexibility index (Phi) is 8.59. The number of pyridine rings is 1. The number of benzene rings is 3. The van der Waals surface area contributed by atoms with E-state index < -0.39 is 20.6 Å². The molecular formula is C35H33ClN6O6S. The lowest BCUT2D eigenvalue weighted by Gasteiger charge is -2.29. The number of fused-ring (bicyclic) bond motifs is 2. The minimum absolute atomic E-state index is 0.0167. The van der Waals surface area contributed by atoms with E-state index in [4.69, 9.17) is 11.6 Å². The van der Waals surface area contributed by atoms with Crippen LogP contribution in [0.3, 0.4) is 0 Å². The minimum Gasteiger partial charge on any atom is -0.349 e. The summed E-state index contributed by atoms with van der Waals surface area (Å²) in [6.07, 6.45) is 4.77. The van der Waals surface area contributed by atoms with Crippen LogP contribution in [-0.4, -0.2) is 43.7 Å². The molecule has 14 heteroatoms. The second-order valence-corrected chi connectivity index (χ2v) is 15.0. The molecule has 3 aromatic carbocycles. The summed E-state index contributed by atoms with van der Waals surface area (Å²) in [6, 6.07) is 20.0. The number of carbonyl (C=O) groups is 1. The molecule has 0 saturated heterocycles. The van der Waals surface area contributed by atoms with E-state index in [1.807, 2.05) is 42.5 Å². The molecule has 1 fully saturated rings. The fourth-order valence-electron chi connectivity index (χ4n) is 7.01. The van der Waals surface area contributed by atoms with Gasteiger partial charge in [-0.1, -0.05) is 41.9 Å². The molecule has 5 aromatic rings. The van der Waals surface area contributed by atoms with Crippen LogP contribution in [0, 0.1) is 23.0 Å². The Morgan fingerprint density at radius 2 is 1.67 bits per heavy atom. The molecule has 0 spiro atoms. The third-order valence-electron chi connectivity index (χ3n) is 9.58. The molecular weight excluding hydrogens is 668 g/mol. The van der Waals surface area contributed by atoms with Crippen molar-refractivity contribution < 1.29 is 18.1 Å². The molecule has 252 valence electrons. The molecule has 49 heavy (non-hydrogen) atoms. The number of carbonyl (C=O) groups excluding carboxylic acids is 1. The van der Waals surface area contributed by atoms with Gasteiger partial charge in [0.2, 0.25) is 0 Å². The van der Waals surface area contributed by atoms with Crippen molar-refractivity contribution in [2.24, 2.45) is 5.92 Å². The number of hydrogen-bond donors (Lipinski definition) is 1. The summed E-state index contributed by atoms with van der Waals surface area (Å²) in [5.41, 5.74) is 4.08. The fourth-order valence-corrected chi connectivity index (χ4v) is 8.72. The molecule has 12 nitrogen and oxygen atoms in total. The van der Waals surface area contributed by atoms with Gasteiger partial charge in [0, 0.05) is 37.9 Å². The van der Waals surface area contributed by atoms with E-state index in [-0.39, 0.29) is 41.5 Å². The van der Waals surface area contributed by atoms with Crippen LogP contribution in [0.1, 0.15) is 52.9 Å². The van der Waals surface area contributed by atoms with Crippen LogP contribution in [0.15, 0.2) is 88.7 Å². The zero-order valence-electron chi connectivity index (χ0n) is 26.6. The first-order chi connectivity index (χ1) is 23.5. The summed E-state index contributed by atoms with van der Waals surface area (Å²) in [5.74, 6) is 0.0483. The summed E-state index contributed by atoms with van der Waals surface area (Å²) in [6.45, 7) is 2.40. The van der Waals surface area contributed by atoms with Gasteiger partial charge in [0.1, 0.15) is 0 Å². The fraction of sp³-hybridized carbons (Fsp3) is 0.286. The molecule has 0 atom stereocenters. The third kappa shape index (κ3) is 6.13. The Hall–Kier alpha value is -4.85. The van der Waals surface area contributed by atoms with E-state index in [9.17, 15) is 28.1 Å². The lowest BCUT2D eigenvalue weighted by atomic mass is 9.85. The first-order valence-electron chi connectivity index (χ1n) is 16.0. The van der Waals surface area contributed by atoms with Crippen LogP contribution >= 0.6 is 11.6 Å². The minimum atomic E-state index is -4.16. The maximum absolute atomic E-state index is 14.1. The Morgan fingerprint density at radius 3 is 2.43 bits per heavy atom. The number of rotatable bonds is 8. The van der Waals surface area contributed by atoms with Gasteiger partial charge in [0.15, 0.2) is 4.90 Å². The summed E-state index contributed by atoms with van der Waals surface area (Å²) in [5, 5.41) is 15.1. The standard InChI is InChI=1S/C35H33ClN6O6S/c1-22-29(17-26(36)18-37-22)34(43)38-27-13-10-23(11-14-27)19-40-30-6-2-3-7-31(30)41(35(40)44)28-15-12-24-20-39(21-25(24)16-28)49(47,48)33-9-5-4-8-32(33)42(45)46/h2-9,12,15-18,23,27H,10-11,13-14,19-21H2,1H3,(H,38,43)/t23-,27-. The summed E-state index contributed by atoms with van der Waals surface area (Å²) in [4.78, 5) is 41.7. The Bertz CT molecular complexity index is 2290. The zero-order valence-corrected chi connectivity index (χ0v) is 28.2. The first kappa shape index (κ1) is 32.7. The van der Waals surface area contributed by atoms with Gasteiger partial charge in [-0.25, -0.2) is 13.2 Å². The van der Waals surface area contributed by atoms with Crippen molar-refractivity contribution in [3.8, 4) is 5.69 Å². The van der Waals surface area contributed by atoms with Crippen LogP contribution in [0.2, 0.25) is 5.02 Å². The first-order valence-corrected chi connectivity index (χ1v) is 17.8. The van der Waals surface area contributed by atoms with Crippen LogP contribution in [0.4, 0.5) is 5.69 Å². The number of halogens is 1. The van der Waals surface area contributed by atoms with Crippen molar-refractivity contribution in [3.05, 3.63) is 127 Å². The van der Waals surface area contributed by atoms with Crippen LogP contribution in [0.25, 0.3) is 16.7 Å². The van der Waals surface area contributed by atoms with Gasteiger partial charge in [0.05, 0.1) is 37.9 Å².